The number of unbranched alkanes of at least 4 members (excludes halogenated alkanes) is 2. The van der Waals surface area contributed by atoms with E-state index in [0.29, 0.717) is 12.1 Å². The van der Waals surface area contributed by atoms with Crippen LogP contribution in [0.4, 0.5) is 4.39 Å². The lowest BCUT2D eigenvalue weighted by Crippen LogP contribution is -2.14. The first-order valence-corrected chi connectivity index (χ1v) is 12.4. The van der Waals surface area contributed by atoms with Crippen LogP contribution >= 0.6 is 0 Å². The first-order chi connectivity index (χ1) is 16.0. The SMILES string of the molecule is C=C(F)C(/C=C\C=C/C)=C\CNCC/C=C(\N=C(CCC)CCCCC)c1ccc(C)cc1. The average molecular weight is 451 g/mol. The van der Waals surface area contributed by atoms with E-state index in [1.165, 1.54) is 30.5 Å². The van der Waals surface area contributed by atoms with Crippen LogP contribution in [-0.4, -0.2) is 18.8 Å². The van der Waals surface area contributed by atoms with Crippen molar-refractivity contribution in [2.24, 2.45) is 4.99 Å². The molecular formula is C30H43FN2. The van der Waals surface area contributed by atoms with Crippen molar-refractivity contribution < 1.29 is 4.39 Å². The Kier molecular flexibility index (Phi) is 15.5. The molecule has 0 spiro atoms. The summed E-state index contributed by atoms with van der Waals surface area (Å²) in [7, 11) is 0. The maximum absolute atomic E-state index is 13.6. The van der Waals surface area contributed by atoms with Crippen molar-refractivity contribution in [3.8, 4) is 0 Å². The number of benzene rings is 1. The second-order valence-corrected chi connectivity index (χ2v) is 8.28. The molecule has 0 bridgehead atoms. The van der Waals surface area contributed by atoms with Gasteiger partial charge in [-0.15, -0.1) is 0 Å². The van der Waals surface area contributed by atoms with Crippen LogP contribution in [0.5, 0.6) is 0 Å². The van der Waals surface area contributed by atoms with Crippen LogP contribution in [0.25, 0.3) is 5.70 Å². The molecule has 0 heterocycles. The number of rotatable bonds is 16. The lowest BCUT2D eigenvalue weighted by Gasteiger charge is -2.10. The first kappa shape index (κ1) is 28.5. The van der Waals surface area contributed by atoms with Gasteiger partial charge in [0.2, 0.25) is 0 Å². The number of hydrogen-bond acceptors (Lipinski definition) is 2. The normalized spacial score (nSPS) is 13.4. The van der Waals surface area contributed by atoms with Crippen molar-refractivity contribution in [2.75, 3.05) is 13.1 Å². The minimum absolute atomic E-state index is 0.417. The molecule has 0 aliphatic heterocycles. The third kappa shape index (κ3) is 12.9. The number of halogens is 1. The molecule has 0 amide bonds. The van der Waals surface area contributed by atoms with Gasteiger partial charge in [0.1, 0.15) is 5.83 Å². The third-order valence-electron chi connectivity index (χ3n) is 5.25. The van der Waals surface area contributed by atoms with Crippen LogP contribution in [0.1, 0.15) is 76.8 Å². The Morgan fingerprint density at radius 3 is 2.42 bits per heavy atom. The van der Waals surface area contributed by atoms with Gasteiger partial charge in [-0.3, -0.25) is 4.99 Å². The van der Waals surface area contributed by atoms with Crippen molar-refractivity contribution in [3.63, 3.8) is 0 Å². The highest BCUT2D eigenvalue weighted by Crippen LogP contribution is 2.20. The zero-order valence-electron chi connectivity index (χ0n) is 21.2. The summed E-state index contributed by atoms with van der Waals surface area (Å²) in [6.07, 6.45) is 19.2. The molecule has 33 heavy (non-hydrogen) atoms. The molecule has 0 aliphatic carbocycles. The largest absolute Gasteiger partial charge is 0.313 e. The Morgan fingerprint density at radius 1 is 1.03 bits per heavy atom. The highest BCUT2D eigenvalue weighted by atomic mass is 19.1. The van der Waals surface area contributed by atoms with Crippen molar-refractivity contribution >= 4 is 11.4 Å². The Balaban J connectivity index is 2.86. The summed E-state index contributed by atoms with van der Waals surface area (Å²) in [6.45, 7) is 13.3. The number of aryl methyl sites for hydroxylation is 1. The van der Waals surface area contributed by atoms with Crippen LogP contribution in [0.15, 0.2) is 83.7 Å². The predicted octanol–water partition coefficient (Wildman–Crippen LogP) is 8.68. The number of allylic oxidation sites excluding steroid dienone is 6. The van der Waals surface area contributed by atoms with E-state index < -0.39 is 5.83 Å². The standard InChI is InChI=1S/C30H43FN2/c1-6-9-11-15-27(26(5)31)22-24-32-23-13-17-30(28-20-18-25(4)19-21-28)33-29(14-8-3)16-12-10-7-2/h6,9,11,15,17-22,32H,5,7-8,10,12-14,16,23-24H2,1-4H3/b9-6-,15-11-,27-22-,30-17-,33-29?. The van der Waals surface area contributed by atoms with Gasteiger partial charge in [-0.05, 0) is 51.6 Å². The van der Waals surface area contributed by atoms with Crippen LogP contribution in [-0.2, 0) is 0 Å². The maximum Gasteiger partial charge on any atom is 0.122 e. The van der Waals surface area contributed by atoms with E-state index in [9.17, 15) is 4.39 Å². The monoisotopic (exact) mass is 450 g/mol. The molecule has 1 N–H and O–H groups in total. The van der Waals surface area contributed by atoms with Crippen molar-refractivity contribution in [2.45, 2.75) is 72.6 Å². The zero-order valence-corrected chi connectivity index (χ0v) is 21.2. The summed E-state index contributed by atoms with van der Waals surface area (Å²) >= 11 is 0. The summed E-state index contributed by atoms with van der Waals surface area (Å²) in [5, 5.41) is 3.37. The predicted molar refractivity (Wildman–Crippen MR) is 145 cm³/mol. The second-order valence-electron chi connectivity index (χ2n) is 8.28. The smallest absolute Gasteiger partial charge is 0.122 e. The molecule has 0 fully saturated rings. The van der Waals surface area contributed by atoms with Gasteiger partial charge < -0.3 is 5.32 Å². The topological polar surface area (TPSA) is 24.4 Å². The molecule has 0 saturated heterocycles. The molecule has 1 rings (SSSR count). The molecule has 2 nitrogen and oxygen atoms in total. The van der Waals surface area contributed by atoms with Gasteiger partial charge in [0, 0.05) is 17.8 Å². The average Bonchev–Trinajstić information content (AvgIpc) is 2.80. The summed E-state index contributed by atoms with van der Waals surface area (Å²) in [6, 6.07) is 8.61. The fourth-order valence-electron chi connectivity index (χ4n) is 3.36. The highest BCUT2D eigenvalue weighted by Gasteiger charge is 2.05. The lowest BCUT2D eigenvalue weighted by molar-refractivity contribution is 0.658. The van der Waals surface area contributed by atoms with Gasteiger partial charge in [0.15, 0.2) is 0 Å². The Bertz CT molecular complexity index is 839. The Morgan fingerprint density at radius 2 is 1.79 bits per heavy atom. The number of aliphatic imine (C=N–C) groups is 1. The highest BCUT2D eigenvalue weighted by molar-refractivity contribution is 5.89. The fraction of sp³-hybridized carbons (Fsp3) is 0.433. The molecule has 0 atom stereocenters. The van der Waals surface area contributed by atoms with E-state index in [-0.39, 0.29) is 0 Å². The van der Waals surface area contributed by atoms with Gasteiger partial charge in [0.25, 0.3) is 0 Å². The summed E-state index contributed by atoms with van der Waals surface area (Å²) in [4.78, 5) is 5.11. The third-order valence-corrected chi connectivity index (χ3v) is 5.25. The van der Waals surface area contributed by atoms with E-state index in [2.05, 4.69) is 63.0 Å². The minimum Gasteiger partial charge on any atom is -0.313 e. The van der Waals surface area contributed by atoms with E-state index in [4.69, 9.17) is 4.99 Å². The summed E-state index contributed by atoms with van der Waals surface area (Å²) in [5.41, 5.74) is 5.28. The number of hydrogen-bond donors (Lipinski definition) is 1. The van der Waals surface area contributed by atoms with Gasteiger partial charge in [-0.2, -0.15) is 0 Å². The summed E-state index contributed by atoms with van der Waals surface area (Å²) in [5.74, 6) is -0.417. The Hall–Kier alpha value is -2.52. The number of nitrogens with one attached hydrogen (secondary N) is 1. The van der Waals surface area contributed by atoms with Gasteiger partial charge in [-0.1, -0.05) is 106 Å². The van der Waals surface area contributed by atoms with E-state index in [1.54, 1.807) is 6.08 Å². The van der Waals surface area contributed by atoms with Crippen LogP contribution < -0.4 is 5.32 Å². The molecule has 0 aromatic heterocycles. The van der Waals surface area contributed by atoms with E-state index in [0.717, 1.165) is 43.5 Å². The molecule has 0 radical (unpaired) electrons. The fourth-order valence-corrected chi connectivity index (χ4v) is 3.36. The molecule has 1 aromatic carbocycles. The van der Waals surface area contributed by atoms with Gasteiger partial charge >= 0.3 is 0 Å². The van der Waals surface area contributed by atoms with Crippen molar-refractivity contribution in [1.82, 2.24) is 5.32 Å². The molecule has 180 valence electrons. The van der Waals surface area contributed by atoms with Crippen molar-refractivity contribution in [1.29, 1.82) is 0 Å². The first-order valence-electron chi connectivity index (χ1n) is 12.4. The second kappa shape index (κ2) is 18.0. The quantitative estimate of drug-likeness (QED) is 0.152. The molecule has 3 heteroatoms. The van der Waals surface area contributed by atoms with Gasteiger partial charge in [-0.25, -0.2) is 4.39 Å². The molecular weight excluding hydrogens is 407 g/mol. The van der Waals surface area contributed by atoms with Crippen molar-refractivity contribution in [3.05, 3.63) is 89.8 Å². The molecule has 0 unspecified atom stereocenters. The summed E-state index contributed by atoms with van der Waals surface area (Å²) < 4.78 is 13.6. The van der Waals surface area contributed by atoms with Crippen LogP contribution in [0.2, 0.25) is 0 Å². The van der Waals surface area contributed by atoms with E-state index in [1.807, 2.05) is 31.2 Å². The lowest BCUT2D eigenvalue weighted by atomic mass is 10.1. The minimum atomic E-state index is -0.417. The molecule has 0 saturated carbocycles. The number of nitrogens with zero attached hydrogens (tertiary/aromatic N) is 1. The molecule has 0 aliphatic rings. The van der Waals surface area contributed by atoms with Crippen LogP contribution in [0.3, 0.4) is 0 Å². The zero-order chi connectivity index (χ0) is 24.3. The van der Waals surface area contributed by atoms with Gasteiger partial charge in [0.05, 0.1) is 5.70 Å². The molecule has 1 aromatic rings. The van der Waals surface area contributed by atoms with Crippen LogP contribution in [0, 0.1) is 6.92 Å². The Labute approximate surface area is 201 Å². The maximum atomic E-state index is 13.6. The van der Waals surface area contributed by atoms with E-state index >= 15 is 0 Å².